The highest BCUT2D eigenvalue weighted by Gasteiger charge is 2.33. The van der Waals surface area contributed by atoms with Gasteiger partial charge in [0.05, 0.1) is 30.1 Å². The van der Waals surface area contributed by atoms with Gasteiger partial charge in [-0.2, -0.15) is 5.10 Å². The van der Waals surface area contributed by atoms with E-state index in [0.717, 1.165) is 5.69 Å². The number of carbonyl (C=O) groups excluding carboxylic acids is 1. The smallest absolute Gasteiger partial charge is 0.265 e. The number of aromatic nitrogens is 4. The van der Waals surface area contributed by atoms with Gasteiger partial charge in [0.25, 0.3) is 5.56 Å². The van der Waals surface area contributed by atoms with Gasteiger partial charge in [-0.05, 0) is 26.0 Å². The van der Waals surface area contributed by atoms with Crippen LogP contribution in [0, 0.1) is 0 Å². The lowest BCUT2D eigenvalue weighted by Crippen LogP contribution is -2.48. The van der Waals surface area contributed by atoms with Crippen LogP contribution in [-0.2, 0) is 9.53 Å². The average Bonchev–Trinajstić information content (AvgIpc) is 3.33. The molecule has 1 fully saturated rings. The lowest BCUT2D eigenvalue weighted by Gasteiger charge is -2.35. The summed E-state index contributed by atoms with van der Waals surface area (Å²) in [7, 11) is 0. The van der Waals surface area contributed by atoms with Gasteiger partial charge < -0.3 is 9.64 Å². The van der Waals surface area contributed by atoms with Crippen LogP contribution >= 0.6 is 11.8 Å². The number of hydrogen-bond acceptors (Lipinski definition) is 6. The number of benzene rings is 1. The van der Waals surface area contributed by atoms with Crippen molar-refractivity contribution in [3.05, 3.63) is 46.9 Å². The second-order valence-electron chi connectivity index (χ2n) is 7.92. The predicted octanol–water partition coefficient (Wildman–Crippen LogP) is 2.25. The highest BCUT2D eigenvalue weighted by atomic mass is 32.2. The number of ether oxygens (including phenoxy) is 1. The van der Waals surface area contributed by atoms with Crippen LogP contribution in [0.4, 0.5) is 0 Å². The van der Waals surface area contributed by atoms with Gasteiger partial charge in [-0.15, -0.1) is 0 Å². The summed E-state index contributed by atoms with van der Waals surface area (Å²) in [5, 5.41) is 5.50. The van der Waals surface area contributed by atoms with Gasteiger partial charge >= 0.3 is 0 Å². The van der Waals surface area contributed by atoms with E-state index in [0.29, 0.717) is 41.5 Å². The predicted molar refractivity (Wildman–Crippen MR) is 114 cm³/mol. The third kappa shape index (κ3) is 3.31. The lowest BCUT2D eigenvalue weighted by atomic mass is 10.1. The van der Waals surface area contributed by atoms with Crippen molar-refractivity contribution in [1.82, 2.24) is 24.2 Å². The van der Waals surface area contributed by atoms with Crippen molar-refractivity contribution in [2.24, 2.45) is 0 Å². The summed E-state index contributed by atoms with van der Waals surface area (Å²) in [5.74, 6) is 0.719. The third-order valence-corrected chi connectivity index (χ3v) is 6.65. The largest absolute Gasteiger partial charge is 0.372 e. The van der Waals surface area contributed by atoms with Gasteiger partial charge in [-0.3, -0.25) is 14.2 Å². The molecule has 8 nitrogen and oxygen atoms in total. The second-order valence-corrected chi connectivity index (χ2v) is 8.91. The summed E-state index contributed by atoms with van der Waals surface area (Å²) in [4.78, 5) is 32.8. The first-order valence-corrected chi connectivity index (χ1v) is 11.1. The summed E-state index contributed by atoms with van der Waals surface area (Å²) in [6.07, 6.45) is 1.91. The minimum Gasteiger partial charge on any atom is -0.372 e. The maximum absolute atomic E-state index is 13.2. The van der Waals surface area contributed by atoms with E-state index < -0.39 is 0 Å². The molecule has 0 aliphatic carbocycles. The summed E-state index contributed by atoms with van der Waals surface area (Å²) < 4.78 is 9.09. The van der Waals surface area contributed by atoms with E-state index >= 15 is 0 Å². The van der Waals surface area contributed by atoms with E-state index in [1.165, 1.54) is 11.8 Å². The molecule has 1 aromatic carbocycles. The SMILES string of the molecule is C[C@@H]1CN(C(=O)C[C@@H]2CSc3nc4c(cnn4-c4ccccc4)c(=O)n32)C[C@H](C)O1. The molecular formula is C21H23N5O3S. The molecule has 0 saturated carbocycles. The molecule has 2 aliphatic rings. The summed E-state index contributed by atoms with van der Waals surface area (Å²) in [6.45, 7) is 5.14. The molecule has 0 radical (unpaired) electrons. The minimum atomic E-state index is -0.199. The Morgan fingerprint density at radius 2 is 1.93 bits per heavy atom. The third-order valence-electron chi connectivity index (χ3n) is 5.55. The molecule has 0 unspecified atom stereocenters. The topological polar surface area (TPSA) is 82.3 Å². The summed E-state index contributed by atoms with van der Waals surface area (Å²) in [5.41, 5.74) is 1.27. The highest BCUT2D eigenvalue weighted by molar-refractivity contribution is 7.99. The lowest BCUT2D eigenvalue weighted by molar-refractivity contribution is -0.143. The van der Waals surface area contributed by atoms with Crippen molar-refractivity contribution < 1.29 is 9.53 Å². The number of hydrogen-bond donors (Lipinski definition) is 0. The molecule has 2 aliphatic heterocycles. The zero-order valence-corrected chi connectivity index (χ0v) is 17.7. The maximum atomic E-state index is 13.2. The number of thioether (sulfide) groups is 1. The quantitative estimate of drug-likeness (QED) is 0.599. The Balaban J connectivity index is 1.45. The molecule has 5 rings (SSSR count). The van der Waals surface area contributed by atoms with Crippen LogP contribution in [0.3, 0.4) is 0 Å². The van der Waals surface area contributed by atoms with Gasteiger partial charge in [0, 0.05) is 25.3 Å². The van der Waals surface area contributed by atoms with E-state index in [1.807, 2.05) is 49.1 Å². The molecule has 9 heteroatoms. The Hall–Kier alpha value is -2.65. The first-order valence-electron chi connectivity index (χ1n) is 10.1. The molecule has 2 aromatic heterocycles. The summed E-state index contributed by atoms with van der Waals surface area (Å²) in [6, 6.07) is 9.44. The fraction of sp³-hybridized carbons (Fsp3) is 0.429. The van der Waals surface area contributed by atoms with Crippen LogP contribution in [0.1, 0.15) is 26.3 Å². The van der Waals surface area contributed by atoms with E-state index in [-0.39, 0.29) is 29.7 Å². The monoisotopic (exact) mass is 425 g/mol. The number of para-hydroxylation sites is 1. The molecule has 1 saturated heterocycles. The first-order chi connectivity index (χ1) is 14.5. The van der Waals surface area contributed by atoms with Crippen molar-refractivity contribution in [2.75, 3.05) is 18.8 Å². The molecule has 30 heavy (non-hydrogen) atoms. The van der Waals surface area contributed by atoms with Crippen LogP contribution in [-0.4, -0.2) is 61.2 Å². The normalized spacial score (nSPS) is 23.7. The Morgan fingerprint density at radius 1 is 1.20 bits per heavy atom. The van der Waals surface area contributed by atoms with Gasteiger partial charge in [0.1, 0.15) is 5.39 Å². The number of carbonyl (C=O) groups is 1. The second kappa shape index (κ2) is 7.55. The van der Waals surface area contributed by atoms with Crippen LogP contribution in [0.25, 0.3) is 16.7 Å². The van der Waals surface area contributed by atoms with E-state index in [9.17, 15) is 9.59 Å². The van der Waals surface area contributed by atoms with E-state index in [2.05, 4.69) is 5.10 Å². The Kier molecular flexibility index (Phi) is 4.86. The van der Waals surface area contributed by atoms with Gasteiger partial charge in [0.15, 0.2) is 10.8 Å². The number of morpholine rings is 1. The van der Waals surface area contributed by atoms with E-state index in [1.54, 1.807) is 15.4 Å². The molecule has 156 valence electrons. The van der Waals surface area contributed by atoms with Crippen molar-refractivity contribution in [3.63, 3.8) is 0 Å². The number of nitrogens with zero attached hydrogens (tertiary/aromatic N) is 5. The van der Waals surface area contributed by atoms with E-state index in [4.69, 9.17) is 9.72 Å². The zero-order valence-electron chi connectivity index (χ0n) is 16.9. The van der Waals surface area contributed by atoms with Crippen LogP contribution in [0.15, 0.2) is 46.5 Å². The van der Waals surface area contributed by atoms with Crippen LogP contribution in [0.2, 0.25) is 0 Å². The number of rotatable bonds is 3. The van der Waals surface area contributed by atoms with Crippen molar-refractivity contribution in [3.8, 4) is 5.69 Å². The molecule has 1 amide bonds. The molecule has 0 spiro atoms. The molecule has 4 heterocycles. The average molecular weight is 426 g/mol. The molecular weight excluding hydrogens is 402 g/mol. The molecule has 3 atom stereocenters. The van der Waals surface area contributed by atoms with Gasteiger partial charge in [0.2, 0.25) is 5.91 Å². The standard InChI is InChI=1S/C21H23N5O3S/c1-13-10-24(11-14(2)29-13)18(27)8-16-12-30-21-23-19-17(20(28)25(16)21)9-22-26(19)15-6-4-3-5-7-15/h3-7,9,13-14,16H,8,10-12H2,1-2H3/t13-,14+,16-/m1/s1. The first kappa shape index (κ1) is 19.3. The Bertz CT molecular complexity index is 1150. The summed E-state index contributed by atoms with van der Waals surface area (Å²) >= 11 is 1.52. The number of fused-ring (bicyclic) bond motifs is 2. The zero-order chi connectivity index (χ0) is 20.8. The highest BCUT2D eigenvalue weighted by Crippen LogP contribution is 2.34. The number of amides is 1. The maximum Gasteiger partial charge on any atom is 0.265 e. The van der Waals surface area contributed by atoms with Crippen molar-refractivity contribution >= 4 is 28.7 Å². The van der Waals surface area contributed by atoms with Crippen molar-refractivity contribution in [1.29, 1.82) is 0 Å². The Morgan fingerprint density at radius 3 is 2.67 bits per heavy atom. The Labute approximate surface area is 177 Å². The molecule has 0 N–H and O–H groups in total. The van der Waals surface area contributed by atoms with Gasteiger partial charge in [-0.25, -0.2) is 9.67 Å². The van der Waals surface area contributed by atoms with Crippen LogP contribution in [0.5, 0.6) is 0 Å². The van der Waals surface area contributed by atoms with Crippen LogP contribution < -0.4 is 5.56 Å². The molecule has 0 bridgehead atoms. The molecule has 3 aromatic rings. The fourth-order valence-electron chi connectivity index (χ4n) is 4.25. The fourth-order valence-corrected chi connectivity index (χ4v) is 5.38. The minimum absolute atomic E-state index is 0.0239. The van der Waals surface area contributed by atoms with Gasteiger partial charge in [-0.1, -0.05) is 30.0 Å². The van der Waals surface area contributed by atoms with Crippen molar-refractivity contribution in [2.45, 2.75) is 43.7 Å².